The van der Waals surface area contributed by atoms with Gasteiger partial charge in [-0.05, 0) is 59.9 Å². The molecule has 0 fully saturated rings. The smallest absolute Gasteiger partial charge is 0.362 e. The molecule has 4 aromatic rings. The van der Waals surface area contributed by atoms with Crippen LogP contribution in [-0.2, 0) is 12.6 Å². The molecule has 266 valence electrons. The molecule has 0 saturated carbocycles. The average Bonchev–Trinajstić information content (AvgIpc) is 3.54. The maximum atomic E-state index is 13.6. The molecule has 0 radical (unpaired) electrons. The van der Waals surface area contributed by atoms with Gasteiger partial charge in [-0.25, -0.2) is 0 Å². The Hall–Kier alpha value is -4.20. The summed E-state index contributed by atoms with van der Waals surface area (Å²) in [4.78, 5) is 25.0. The summed E-state index contributed by atoms with van der Waals surface area (Å²) < 4.78 is 40.9. The normalized spacial score (nSPS) is 13.3. The first-order chi connectivity index (χ1) is 24.3. The van der Waals surface area contributed by atoms with Gasteiger partial charge in [0.1, 0.15) is 0 Å². The van der Waals surface area contributed by atoms with Crippen LogP contribution in [0.25, 0.3) is 11.1 Å². The highest BCUT2D eigenvalue weighted by molar-refractivity contribution is 6.09. The summed E-state index contributed by atoms with van der Waals surface area (Å²) in [6, 6.07) is 18.2. The fourth-order valence-electron chi connectivity index (χ4n) is 7.11. The van der Waals surface area contributed by atoms with Crippen LogP contribution in [-0.4, -0.2) is 22.4 Å². The second kappa shape index (κ2) is 18.7. The molecule has 50 heavy (non-hydrogen) atoms. The standard InChI is InChI=1S/C42H51F3N4O/c1-2-3-4-5-6-7-8-9-10-11-12-13-17-20-40(38-31-46-26-27-47-38)49-28-25-33-29-35(22-24-39(33)49)48-41(50)37-30-34(42(43,44)45)21-23-36(37)32-18-15-14-16-19-32/h14-16,18-19,21-24,26-27,29-31,40H,2-13,17,20,25,28H2,1H3,(H,48,50). The highest BCUT2D eigenvalue weighted by atomic mass is 19.4. The van der Waals surface area contributed by atoms with Crippen LogP contribution in [0.2, 0.25) is 0 Å². The van der Waals surface area contributed by atoms with E-state index in [1.165, 1.54) is 83.1 Å². The number of halogens is 3. The van der Waals surface area contributed by atoms with Crippen molar-refractivity contribution in [3.05, 3.63) is 108 Å². The van der Waals surface area contributed by atoms with E-state index in [4.69, 9.17) is 0 Å². The SMILES string of the molecule is CCCCCCCCCCCCCCCC(c1cnccn1)N1CCc2cc(NC(=O)c3cc(C(F)(F)F)ccc3-c3ccccc3)ccc21. The Morgan fingerprint density at radius 1 is 0.820 bits per heavy atom. The first-order valence-corrected chi connectivity index (χ1v) is 18.6. The second-order valence-electron chi connectivity index (χ2n) is 13.5. The Balaban J connectivity index is 1.19. The van der Waals surface area contributed by atoms with Crippen LogP contribution in [0.3, 0.4) is 0 Å². The summed E-state index contributed by atoms with van der Waals surface area (Å²) in [5, 5.41) is 2.89. The van der Waals surface area contributed by atoms with Crippen molar-refractivity contribution in [1.29, 1.82) is 0 Å². The van der Waals surface area contributed by atoms with Crippen molar-refractivity contribution < 1.29 is 18.0 Å². The van der Waals surface area contributed by atoms with E-state index in [1.807, 2.05) is 30.5 Å². The van der Waals surface area contributed by atoms with Crippen LogP contribution >= 0.6 is 0 Å². The number of alkyl halides is 3. The third-order valence-electron chi connectivity index (χ3n) is 9.83. The molecule has 2 heterocycles. The van der Waals surface area contributed by atoms with E-state index in [1.54, 1.807) is 36.7 Å². The molecule has 1 aliphatic rings. The monoisotopic (exact) mass is 684 g/mol. The summed E-state index contributed by atoms with van der Waals surface area (Å²) in [5.74, 6) is -0.579. The first-order valence-electron chi connectivity index (χ1n) is 18.6. The van der Waals surface area contributed by atoms with Crippen molar-refractivity contribution in [3.8, 4) is 11.1 Å². The number of aromatic nitrogens is 2. The zero-order valence-corrected chi connectivity index (χ0v) is 29.4. The van der Waals surface area contributed by atoms with Gasteiger partial charge in [0.2, 0.25) is 0 Å². The van der Waals surface area contributed by atoms with Crippen LogP contribution in [0.4, 0.5) is 24.5 Å². The predicted octanol–water partition coefficient (Wildman–Crippen LogP) is 12.0. The number of carbonyl (C=O) groups is 1. The van der Waals surface area contributed by atoms with Crippen molar-refractivity contribution in [2.75, 3.05) is 16.8 Å². The predicted molar refractivity (Wildman–Crippen MR) is 197 cm³/mol. The molecule has 0 aliphatic carbocycles. The maximum Gasteiger partial charge on any atom is 0.416 e. The lowest BCUT2D eigenvalue weighted by Gasteiger charge is -2.30. The first kappa shape index (κ1) is 37.1. The lowest BCUT2D eigenvalue weighted by atomic mass is 9.96. The van der Waals surface area contributed by atoms with E-state index in [0.717, 1.165) is 54.9 Å². The minimum absolute atomic E-state index is 0.0197. The molecule has 3 aromatic carbocycles. The van der Waals surface area contributed by atoms with Gasteiger partial charge in [0, 0.05) is 35.9 Å². The number of rotatable bonds is 19. The topological polar surface area (TPSA) is 58.1 Å². The molecule has 0 saturated heterocycles. The molecule has 5 rings (SSSR count). The number of hydrogen-bond acceptors (Lipinski definition) is 4. The number of nitrogens with zero attached hydrogens (tertiary/aromatic N) is 3. The maximum absolute atomic E-state index is 13.6. The molecule has 1 unspecified atom stereocenters. The molecule has 5 nitrogen and oxygen atoms in total. The Morgan fingerprint density at radius 3 is 2.14 bits per heavy atom. The Labute approximate surface area is 295 Å². The molecule has 1 aromatic heterocycles. The van der Waals surface area contributed by atoms with Gasteiger partial charge in [-0.15, -0.1) is 0 Å². The van der Waals surface area contributed by atoms with Crippen LogP contribution in [0, 0.1) is 0 Å². The number of anilines is 2. The summed E-state index contributed by atoms with van der Waals surface area (Å²) in [6.45, 7) is 3.08. The zero-order valence-electron chi connectivity index (χ0n) is 29.4. The summed E-state index contributed by atoms with van der Waals surface area (Å²) in [6.07, 6.45) is 19.6. The van der Waals surface area contributed by atoms with Crippen LogP contribution in [0.15, 0.2) is 85.3 Å². The van der Waals surface area contributed by atoms with Crippen molar-refractivity contribution in [1.82, 2.24) is 9.97 Å². The highest BCUT2D eigenvalue weighted by Crippen LogP contribution is 2.39. The fraction of sp³-hybridized carbons (Fsp3) is 0.452. The van der Waals surface area contributed by atoms with Crippen molar-refractivity contribution in [2.45, 2.75) is 115 Å². The van der Waals surface area contributed by atoms with Gasteiger partial charge in [-0.2, -0.15) is 13.2 Å². The van der Waals surface area contributed by atoms with Crippen molar-refractivity contribution >= 4 is 17.3 Å². The van der Waals surface area contributed by atoms with Gasteiger partial charge in [0.15, 0.2) is 0 Å². The van der Waals surface area contributed by atoms with E-state index in [9.17, 15) is 18.0 Å². The Bertz CT molecular complexity index is 1630. The van der Waals surface area contributed by atoms with Gasteiger partial charge in [-0.1, -0.05) is 127 Å². The molecule has 1 amide bonds. The van der Waals surface area contributed by atoms with Crippen molar-refractivity contribution in [2.24, 2.45) is 0 Å². The number of amides is 1. The van der Waals surface area contributed by atoms with E-state index in [2.05, 4.69) is 27.1 Å². The molecule has 1 N–H and O–H groups in total. The van der Waals surface area contributed by atoms with Crippen LogP contribution in [0.1, 0.15) is 130 Å². The Kier molecular flexibility index (Phi) is 13.9. The number of unbranched alkanes of at least 4 members (excludes halogenated alkanes) is 12. The summed E-state index contributed by atoms with van der Waals surface area (Å²) >= 11 is 0. The highest BCUT2D eigenvalue weighted by Gasteiger charge is 2.32. The van der Waals surface area contributed by atoms with Crippen molar-refractivity contribution in [3.63, 3.8) is 0 Å². The van der Waals surface area contributed by atoms with Gasteiger partial charge in [-0.3, -0.25) is 14.8 Å². The third-order valence-corrected chi connectivity index (χ3v) is 9.83. The summed E-state index contributed by atoms with van der Waals surface area (Å²) in [5.41, 5.74) is 3.94. The fourth-order valence-corrected chi connectivity index (χ4v) is 7.11. The van der Waals surface area contributed by atoms with E-state index >= 15 is 0 Å². The summed E-state index contributed by atoms with van der Waals surface area (Å²) in [7, 11) is 0. The van der Waals surface area contributed by atoms with Gasteiger partial charge in [0.25, 0.3) is 5.91 Å². The molecular weight excluding hydrogens is 633 g/mol. The quantitative estimate of drug-likeness (QED) is 0.0999. The molecular formula is C42H51F3N4O. The Morgan fingerprint density at radius 2 is 1.50 bits per heavy atom. The average molecular weight is 685 g/mol. The van der Waals surface area contributed by atoms with Gasteiger partial charge >= 0.3 is 6.18 Å². The minimum Gasteiger partial charge on any atom is -0.362 e. The minimum atomic E-state index is -4.56. The third kappa shape index (κ3) is 10.4. The molecule has 1 aliphatic heterocycles. The van der Waals surface area contributed by atoms with Crippen LogP contribution < -0.4 is 10.2 Å². The van der Waals surface area contributed by atoms with E-state index in [-0.39, 0.29) is 11.6 Å². The molecule has 0 bridgehead atoms. The number of nitrogens with one attached hydrogen (secondary N) is 1. The molecule has 8 heteroatoms. The lowest BCUT2D eigenvalue weighted by molar-refractivity contribution is -0.137. The van der Waals surface area contributed by atoms with Crippen LogP contribution in [0.5, 0.6) is 0 Å². The number of benzene rings is 3. The second-order valence-corrected chi connectivity index (χ2v) is 13.5. The lowest BCUT2D eigenvalue weighted by Crippen LogP contribution is -2.27. The van der Waals surface area contributed by atoms with E-state index < -0.39 is 17.6 Å². The van der Waals surface area contributed by atoms with Gasteiger partial charge in [0.05, 0.1) is 23.5 Å². The van der Waals surface area contributed by atoms with Gasteiger partial charge < -0.3 is 10.2 Å². The number of hydrogen-bond donors (Lipinski definition) is 1. The number of carbonyl (C=O) groups excluding carboxylic acids is 1. The molecule has 0 spiro atoms. The zero-order chi connectivity index (χ0) is 35.2. The van der Waals surface area contributed by atoms with E-state index in [0.29, 0.717) is 16.8 Å². The largest absolute Gasteiger partial charge is 0.416 e. The number of fused-ring (bicyclic) bond motifs is 1. The molecule has 1 atom stereocenters.